The summed E-state index contributed by atoms with van der Waals surface area (Å²) in [6.45, 7) is 2.84. The minimum absolute atomic E-state index is 0.0459. The van der Waals surface area contributed by atoms with Gasteiger partial charge in [-0.25, -0.2) is 0 Å². The zero-order valence-electron chi connectivity index (χ0n) is 8.74. The second kappa shape index (κ2) is 5.10. The van der Waals surface area contributed by atoms with Crippen LogP contribution in [0.1, 0.15) is 32.1 Å². The molecule has 1 saturated heterocycles. The Bertz CT molecular complexity index is 169. The molecule has 0 radical (unpaired) electrons. The molecule has 2 aliphatic rings. The zero-order valence-corrected chi connectivity index (χ0v) is 8.74. The average Bonchev–Trinajstić information content (AvgIpc) is 2.67. The summed E-state index contributed by atoms with van der Waals surface area (Å²) < 4.78 is 5.31. The summed E-state index contributed by atoms with van der Waals surface area (Å²) in [5, 5.41) is 13.1. The summed E-state index contributed by atoms with van der Waals surface area (Å²) in [6.07, 6.45) is 5.56. The zero-order chi connectivity index (χ0) is 9.80. The highest BCUT2D eigenvalue weighted by atomic mass is 16.5. The van der Waals surface area contributed by atoms with Crippen LogP contribution in [0.5, 0.6) is 0 Å². The highest BCUT2D eigenvalue weighted by Crippen LogP contribution is 2.23. The van der Waals surface area contributed by atoms with E-state index in [1.165, 1.54) is 12.8 Å². The molecule has 1 aliphatic carbocycles. The first-order valence-electron chi connectivity index (χ1n) is 5.84. The van der Waals surface area contributed by atoms with Crippen LogP contribution in [0.2, 0.25) is 0 Å². The number of hydrogen-bond donors (Lipinski definition) is 2. The maximum atomic E-state index is 9.52. The second-order valence-corrected chi connectivity index (χ2v) is 4.66. The maximum Gasteiger partial charge on any atom is 0.0620 e. The van der Waals surface area contributed by atoms with Gasteiger partial charge in [-0.05, 0) is 38.1 Å². The molecule has 0 aromatic heterocycles. The molecule has 0 aromatic rings. The fraction of sp³-hybridized carbons (Fsp3) is 1.00. The Kier molecular flexibility index (Phi) is 3.79. The van der Waals surface area contributed by atoms with Crippen LogP contribution in [0, 0.1) is 5.92 Å². The van der Waals surface area contributed by atoms with Crippen molar-refractivity contribution in [3.05, 3.63) is 0 Å². The van der Waals surface area contributed by atoms with Gasteiger partial charge in [-0.1, -0.05) is 6.42 Å². The quantitative estimate of drug-likeness (QED) is 0.710. The van der Waals surface area contributed by atoms with Crippen molar-refractivity contribution >= 4 is 0 Å². The van der Waals surface area contributed by atoms with E-state index in [2.05, 4.69) is 5.32 Å². The number of aliphatic hydroxyl groups excluding tert-OH is 1. The van der Waals surface area contributed by atoms with Gasteiger partial charge in [0.2, 0.25) is 0 Å². The van der Waals surface area contributed by atoms with Crippen LogP contribution in [-0.4, -0.2) is 37.0 Å². The van der Waals surface area contributed by atoms with Crippen LogP contribution in [-0.2, 0) is 4.74 Å². The lowest BCUT2D eigenvalue weighted by Gasteiger charge is -2.27. The minimum atomic E-state index is -0.0459. The van der Waals surface area contributed by atoms with Gasteiger partial charge in [-0.3, -0.25) is 0 Å². The molecule has 2 N–H and O–H groups in total. The fourth-order valence-corrected chi connectivity index (χ4v) is 2.48. The van der Waals surface area contributed by atoms with Gasteiger partial charge in [0.15, 0.2) is 0 Å². The smallest absolute Gasteiger partial charge is 0.0620 e. The average molecular weight is 199 g/mol. The Labute approximate surface area is 85.8 Å². The summed E-state index contributed by atoms with van der Waals surface area (Å²) in [7, 11) is 0. The molecule has 0 bridgehead atoms. The Balaban J connectivity index is 1.64. The standard InChI is InChI=1S/C11H21NO2/c13-11-3-1-2-9(6-11)7-12-10-4-5-14-8-10/h9-13H,1-8H2. The van der Waals surface area contributed by atoms with Crippen LogP contribution in [0.15, 0.2) is 0 Å². The van der Waals surface area contributed by atoms with E-state index in [0.29, 0.717) is 12.0 Å². The summed E-state index contributed by atoms with van der Waals surface area (Å²) >= 11 is 0. The van der Waals surface area contributed by atoms with E-state index in [9.17, 15) is 5.11 Å². The van der Waals surface area contributed by atoms with Crippen molar-refractivity contribution in [1.29, 1.82) is 0 Å². The van der Waals surface area contributed by atoms with Crippen molar-refractivity contribution in [3.63, 3.8) is 0 Å². The monoisotopic (exact) mass is 199 g/mol. The molecule has 0 spiro atoms. The first-order chi connectivity index (χ1) is 6.84. The topological polar surface area (TPSA) is 41.5 Å². The lowest BCUT2D eigenvalue weighted by molar-refractivity contribution is 0.0991. The van der Waals surface area contributed by atoms with Crippen LogP contribution in [0.3, 0.4) is 0 Å². The largest absolute Gasteiger partial charge is 0.393 e. The van der Waals surface area contributed by atoms with Gasteiger partial charge in [0.05, 0.1) is 12.7 Å². The summed E-state index contributed by atoms with van der Waals surface area (Å²) in [4.78, 5) is 0. The van der Waals surface area contributed by atoms with Gasteiger partial charge in [0.25, 0.3) is 0 Å². The Morgan fingerprint density at radius 3 is 2.93 bits per heavy atom. The Morgan fingerprint density at radius 2 is 2.21 bits per heavy atom. The molecule has 2 rings (SSSR count). The molecule has 14 heavy (non-hydrogen) atoms. The summed E-state index contributed by atoms with van der Waals surface area (Å²) in [6, 6.07) is 0.564. The van der Waals surface area contributed by atoms with Gasteiger partial charge in [-0.15, -0.1) is 0 Å². The van der Waals surface area contributed by atoms with Crippen molar-refractivity contribution < 1.29 is 9.84 Å². The molecule has 1 aliphatic heterocycles. The molecule has 3 atom stereocenters. The SMILES string of the molecule is OC1CCCC(CNC2CCOC2)C1. The molecule has 82 valence electrons. The first kappa shape index (κ1) is 10.4. The highest BCUT2D eigenvalue weighted by Gasteiger charge is 2.22. The van der Waals surface area contributed by atoms with Crippen LogP contribution in [0.4, 0.5) is 0 Å². The number of hydrogen-bond acceptors (Lipinski definition) is 3. The molecule has 0 aromatic carbocycles. The summed E-state index contributed by atoms with van der Waals surface area (Å²) in [5.74, 6) is 0.680. The Hall–Kier alpha value is -0.120. The van der Waals surface area contributed by atoms with Gasteiger partial charge >= 0.3 is 0 Å². The normalized spacial score (nSPS) is 38.8. The van der Waals surface area contributed by atoms with Crippen molar-refractivity contribution in [2.24, 2.45) is 5.92 Å². The molecule has 0 amide bonds. The molecular formula is C11H21NO2. The maximum absolute atomic E-state index is 9.52. The summed E-state index contributed by atoms with van der Waals surface area (Å²) in [5.41, 5.74) is 0. The van der Waals surface area contributed by atoms with Crippen LogP contribution in [0.25, 0.3) is 0 Å². The third-order valence-corrected chi connectivity index (χ3v) is 3.38. The first-order valence-corrected chi connectivity index (χ1v) is 5.84. The fourth-order valence-electron chi connectivity index (χ4n) is 2.48. The number of ether oxygens (including phenoxy) is 1. The van der Waals surface area contributed by atoms with E-state index >= 15 is 0 Å². The molecule has 3 nitrogen and oxygen atoms in total. The van der Waals surface area contributed by atoms with Crippen LogP contribution >= 0.6 is 0 Å². The van der Waals surface area contributed by atoms with Crippen molar-refractivity contribution in [3.8, 4) is 0 Å². The molecule has 3 unspecified atom stereocenters. The molecule has 2 fully saturated rings. The molecule has 1 heterocycles. The predicted molar refractivity (Wildman–Crippen MR) is 55.2 cm³/mol. The van der Waals surface area contributed by atoms with Crippen molar-refractivity contribution in [2.45, 2.75) is 44.2 Å². The third kappa shape index (κ3) is 2.94. The van der Waals surface area contributed by atoms with Gasteiger partial charge in [-0.2, -0.15) is 0 Å². The van der Waals surface area contributed by atoms with Gasteiger partial charge < -0.3 is 15.2 Å². The van der Waals surface area contributed by atoms with E-state index in [4.69, 9.17) is 4.74 Å². The van der Waals surface area contributed by atoms with E-state index < -0.39 is 0 Å². The van der Waals surface area contributed by atoms with Crippen molar-refractivity contribution in [1.82, 2.24) is 5.32 Å². The van der Waals surface area contributed by atoms with Crippen LogP contribution < -0.4 is 5.32 Å². The third-order valence-electron chi connectivity index (χ3n) is 3.38. The second-order valence-electron chi connectivity index (χ2n) is 4.66. The molecule has 1 saturated carbocycles. The highest BCUT2D eigenvalue weighted by molar-refractivity contribution is 4.77. The van der Waals surface area contributed by atoms with E-state index in [1.54, 1.807) is 0 Å². The number of aliphatic hydroxyl groups is 1. The van der Waals surface area contributed by atoms with Gasteiger partial charge in [0.1, 0.15) is 0 Å². The lowest BCUT2D eigenvalue weighted by atomic mass is 9.87. The molecular weight excluding hydrogens is 178 g/mol. The Morgan fingerprint density at radius 1 is 1.29 bits per heavy atom. The minimum Gasteiger partial charge on any atom is -0.393 e. The predicted octanol–water partition coefficient (Wildman–Crippen LogP) is 0.916. The van der Waals surface area contributed by atoms with E-state index in [-0.39, 0.29) is 6.10 Å². The van der Waals surface area contributed by atoms with Gasteiger partial charge in [0, 0.05) is 12.6 Å². The van der Waals surface area contributed by atoms with E-state index in [0.717, 1.165) is 39.0 Å². The lowest BCUT2D eigenvalue weighted by Crippen LogP contribution is -2.36. The molecule has 3 heteroatoms. The number of nitrogens with one attached hydrogen (secondary N) is 1. The van der Waals surface area contributed by atoms with E-state index in [1.807, 2.05) is 0 Å². The number of rotatable bonds is 3. The van der Waals surface area contributed by atoms with Crippen molar-refractivity contribution in [2.75, 3.05) is 19.8 Å².